The van der Waals surface area contributed by atoms with Crippen LogP contribution < -0.4 is 5.32 Å². The van der Waals surface area contributed by atoms with E-state index in [1.54, 1.807) is 0 Å². The van der Waals surface area contributed by atoms with E-state index in [2.05, 4.69) is 17.5 Å². The highest BCUT2D eigenvalue weighted by Crippen LogP contribution is 2.61. The first kappa shape index (κ1) is 14.7. The van der Waals surface area contributed by atoms with E-state index in [-0.39, 0.29) is 10.7 Å². The average Bonchev–Trinajstić information content (AvgIpc) is 2.46. The highest BCUT2D eigenvalue weighted by molar-refractivity contribution is 6.30. The summed E-state index contributed by atoms with van der Waals surface area (Å²) in [5.74, 6) is 0. The standard InChI is InChI=1S/C14H15ClN4O/c1-12-5-3-4-6-14(12,20-2)19-11(15)10(7-16)13(12,8-17)9-18/h19H,3-6H2,1-2H3. The fourth-order valence-electron chi connectivity index (χ4n) is 3.60. The van der Waals surface area contributed by atoms with Gasteiger partial charge in [0.15, 0.2) is 5.41 Å². The first-order valence-electron chi connectivity index (χ1n) is 6.43. The molecule has 1 aliphatic carbocycles. The number of allylic oxidation sites excluding steroid dienone is 1. The van der Waals surface area contributed by atoms with Gasteiger partial charge in [-0.15, -0.1) is 0 Å². The van der Waals surface area contributed by atoms with Crippen LogP contribution in [-0.2, 0) is 4.74 Å². The van der Waals surface area contributed by atoms with Crippen LogP contribution >= 0.6 is 11.6 Å². The van der Waals surface area contributed by atoms with Crippen molar-refractivity contribution in [1.29, 1.82) is 15.8 Å². The summed E-state index contributed by atoms with van der Waals surface area (Å²) in [5, 5.41) is 31.8. The maximum absolute atomic E-state index is 9.68. The molecule has 0 aromatic rings. The molecule has 0 saturated heterocycles. The molecular formula is C14H15ClN4O. The molecule has 1 fully saturated rings. The fourth-order valence-corrected chi connectivity index (χ4v) is 3.93. The van der Waals surface area contributed by atoms with Crippen molar-refractivity contribution in [2.75, 3.05) is 7.11 Å². The first-order chi connectivity index (χ1) is 9.47. The van der Waals surface area contributed by atoms with Crippen LogP contribution in [0.1, 0.15) is 32.6 Å². The van der Waals surface area contributed by atoms with Crippen LogP contribution in [0.4, 0.5) is 0 Å². The Balaban J connectivity index is 2.81. The number of nitrogens with one attached hydrogen (secondary N) is 1. The molecule has 2 aliphatic rings. The minimum Gasteiger partial charge on any atom is -0.358 e. The SMILES string of the molecule is COC12CCCCC1(C)C(C#N)(C#N)C(C#N)=C(Cl)N2. The number of halogens is 1. The molecule has 0 aromatic heterocycles. The van der Waals surface area contributed by atoms with Gasteiger partial charge in [0.25, 0.3) is 0 Å². The van der Waals surface area contributed by atoms with Gasteiger partial charge in [0.2, 0.25) is 0 Å². The summed E-state index contributed by atoms with van der Waals surface area (Å²) in [5.41, 5.74) is -3.34. The molecule has 0 aromatic carbocycles. The highest BCUT2D eigenvalue weighted by Gasteiger charge is 2.68. The van der Waals surface area contributed by atoms with Crippen molar-refractivity contribution in [2.45, 2.75) is 38.3 Å². The van der Waals surface area contributed by atoms with Gasteiger partial charge in [-0.05, 0) is 19.3 Å². The Bertz CT molecular complexity index is 580. The summed E-state index contributed by atoms with van der Waals surface area (Å²) in [7, 11) is 1.54. The van der Waals surface area contributed by atoms with Crippen molar-refractivity contribution in [3.05, 3.63) is 10.7 Å². The van der Waals surface area contributed by atoms with E-state index in [9.17, 15) is 15.8 Å². The van der Waals surface area contributed by atoms with Gasteiger partial charge < -0.3 is 10.1 Å². The third-order valence-electron chi connectivity index (χ3n) is 4.88. The molecule has 0 radical (unpaired) electrons. The van der Waals surface area contributed by atoms with E-state index in [1.807, 2.05) is 13.0 Å². The average molecular weight is 291 g/mol. The number of hydrogen-bond acceptors (Lipinski definition) is 5. The molecule has 0 spiro atoms. The summed E-state index contributed by atoms with van der Waals surface area (Å²) < 4.78 is 5.67. The Labute approximate surface area is 123 Å². The van der Waals surface area contributed by atoms with Crippen LogP contribution in [0.3, 0.4) is 0 Å². The quantitative estimate of drug-likeness (QED) is 0.749. The Morgan fingerprint density at radius 1 is 1.20 bits per heavy atom. The van der Waals surface area contributed by atoms with Crippen molar-refractivity contribution in [3.63, 3.8) is 0 Å². The number of nitrogens with zero attached hydrogens (tertiary/aromatic N) is 3. The molecule has 2 atom stereocenters. The summed E-state index contributed by atoms with van der Waals surface area (Å²) in [6.07, 6.45) is 3.05. The molecule has 6 heteroatoms. The Kier molecular flexibility index (Phi) is 3.42. The van der Waals surface area contributed by atoms with Crippen molar-refractivity contribution >= 4 is 11.6 Å². The molecule has 20 heavy (non-hydrogen) atoms. The van der Waals surface area contributed by atoms with Crippen LogP contribution in [0.5, 0.6) is 0 Å². The second-order valence-corrected chi connectivity index (χ2v) is 5.85. The summed E-state index contributed by atoms with van der Waals surface area (Å²) in [4.78, 5) is 0. The van der Waals surface area contributed by atoms with Crippen LogP contribution in [0, 0.1) is 44.8 Å². The van der Waals surface area contributed by atoms with E-state index in [0.29, 0.717) is 12.8 Å². The largest absolute Gasteiger partial charge is 0.358 e. The monoisotopic (exact) mass is 290 g/mol. The van der Waals surface area contributed by atoms with Gasteiger partial charge in [0.1, 0.15) is 17.0 Å². The smallest absolute Gasteiger partial charge is 0.191 e. The number of fused-ring (bicyclic) bond motifs is 1. The van der Waals surface area contributed by atoms with Gasteiger partial charge >= 0.3 is 0 Å². The summed E-state index contributed by atoms with van der Waals surface area (Å²) >= 11 is 6.14. The number of rotatable bonds is 1. The number of ether oxygens (including phenoxy) is 1. The van der Waals surface area contributed by atoms with Crippen molar-refractivity contribution < 1.29 is 4.74 Å². The first-order valence-corrected chi connectivity index (χ1v) is 6.81. The lowest BCUT2D eigenvalue weighted by Crippen LogP contribution is -2.68. The molecule has 2 unspecified atom stereocenters. The molecule has 0 amide bonds. The molecule has 2 rings (SSSR count). The molecule has 104 valence electrons. The van der Waals surface area contributed by atoms with E-state index in [1.165, 1.54) is 7.11 Å². The lowest BCUT2D eigenvalue weighted by molar-refractivity contribution is -0.177. The van der Waals surface area contributed by atoms with Gasteiger partial charge in [-0.3, -0.25) is 0 Å². The zero-order chi connectivity index (χ0) is 15.0. The third kappa shape index (κ3) is 1.44. The predicted octanol–water partition coefficient (Wildman–Crippen LogP) is 2.52. The number of methoxy groups -OCH3 is 1. The lowest BCUT2D eigenvalue weighted by Gasteiger charge is -2.58. The molecule has 0 bridgehead atoms. The van der Waals surface area contributed by atoms with E-state index in [0.717, 1.165) is 12.8 Å². The minimum atomic E-state index is -1.60. The molecule has 1 N–H and O–H groups in total. The normalized spacial score (nSPS) is 35.0. The highest BCUT2D eigenvalue weighted by atomic mass is 35.5. The maximum atomic E-state index is 9.68. The van der Waals surface area contributed by atoms with Gasteiger partial charge in [0, 0.05) is 7.11 Å². The van der Waals surface area contributed by atoms with Crippen LogP contribution in [0.25, 0.3) is 0 Å². The summed E-state index contributed by atoms with van der Waals surface area (Å²) in [6, 6.07) is 6.03. The Morgan fingerprint density at radius 3 is 2.30 bits per heavy atom. The zero-order valence-corrected chi connectivity index (χ0v) is 12.2. The van der Waals surface area contributed by atoms with Gasteiger partial charge in [-0.25, -0.2) is 0 Å². The fraction of sp³-hybridized carbons (Fsp3) is 0.643. The van der Waals surface area contributed by atoms with Crippen molar-refractivity contribution in [2.24, 2.45) is 10.8 Å². The Hall–Kier alpha value is -1.74. The molecular weight excluding hydrogens is 276 g/mol. The van der Waals surface area contributed by atoms with Gasteiger partial charge in [0.05, 0.1) is 23.1 Å². The predicted molar refractivity (Wildman–Crippen MR) is 71.6 cm³/mol. The second kappa shape index (κ2) is 4.67. The van der Waals surface area contributed by atoms with Crippen LogP contribution in [-0.4, -0.2) is 12.8 Å². The van der Waals surface area contributed by atoms with Crippen molar-refractivity contribution in [3.8, 4) is 18.2 Å². The van der Waals surface area contributed by atoms with E-state index in [4.69, 9.17) is 16.3 Å². The minimum absolute atomic E-state index is 0.0127. The van der Waals surface area contributed by atoms with Gasteiger partial charge in [-0.2, -0.15) is 15.8 Å². The van der Waals surface area contributed by atoms with E-state index < -0.39 is 16.6 Å². The van der Waals surface area contributed by atoms with Crippen molar-refractivity contribution in [1.82, 2.24) is 5.32 Å². The molecule has 1 saturated carbocycles. The third-order valence-corrected chi connectivity index (χ3v) is 5.16. The second-order valence-electron chi connectivity index (χ2n) is 5.47. The number of hydrogen-bond donors (Lipinski definition) is 1. The molecule has 5 nitrogen and oxygen atoms in total. The van der Waals surface area contributed by atoms with E-state index >= 15 is 0 Å². The Morgan fingerprint density at radius 2 is 1.80 bits per heavy atom. The van der Waals surface area contributed by atoms with Crippen LogP contribution in [0.2, 0.25) is 0 Å². The topological polar surface area (TPSA) is 92.6 Å². The maximum Gasteiger partial charge on any atom is 0.191 e. The number of nitriles is 3. The molecule has 1 aliphatic heterocycles. The summed E-state index contributed by atoms with van der Waals surface area (Å²) in [6.45, 7) is 1.83. The lowest BCUT2D eigenvalue weighted by atomic mass is 9.51. The zero-order valence-electron chi connectivity index (χ0n) is 11.5. The van der Waals surface area contributed by atoms with Gasteiger partial charge in [-0.1, -0.05) is 24.9 Å². The molecule has 1 heterocycles. The van der Waals surface area contributed by atoms with Crippen LogP contribution in [0.15, 0.2) is 10.7 Å².